The normalized spacial score (nSPS) is 12.5. The van der Waals surface area contributed by atoms with Crippen LogP contribution < -0.4 is 15.7 Å². The Morgan fingerprint density at radius 2 is 1.43 bits per heavy atom. The van der Waals surface area contributed by atoms with Crippen molar-refractivity contribution in [1.29, 1.82) is 0 Å². The third kappa shape index (κ3) is 7.17. The predicted octanol–water partition coefficient (Wildman–Crippen LogP) is 6.16. The van der Waals surface area contributed by atoms with Gasteiger partial charge in [-0.25, -0.2) is 0 Å². The minimum Gasteiger partial charge on any atom is -0.405 e. The van der Waals surface area contributed by atoms with E-state index in [-0.39, 0.29) is 28.8 Å². The zero-order valence-corrected chi connectivity index (χ0v) is 25.8. The molecule has 42 heavy (non-hydrogen) atoms. The molecule has 0 fully saturated rings. The second-order valence-corrected chi connectivity index (χ2v) is 15.8. The van der Waals surface area contributed by atoms with E-state index in [1.54, 1.807) is 0 Å². The van der Waals surface area contributed by atoms with Crippen molar-refractivity contribution in [3.63, 3.8) is 0 Å². The first kappa shape index (κ1) is 31.2. The van der Waals surface area contributed by atoms with Crippen molar-refractivity contribution >= 4 is 41.6 Å². The fourth-order valence-electron chi connectivity index (χ4n) is 5.11. The lowest BCUT2D eigenvalue weighted by Gasteiger charge is -2.43. The van der Waals surface area contributed by atoms with Gasteiger partial charge in [0.05, 0.1) is 36.3 Å². The Balaban J connectivity index is 1.66. The van der Waals surface area contributed by atoms with Crippen LogP contribution in [0.3, 0.4) is 0 Å². The molecule has 1 N–H and O–H groups in total. The number of nitro groups is 1. The summed E-state index contributed by atoms with van der Waals surface area (Å²) in [5.74, 6) is -0.975. The molecule has 0 heterocycles. The maximum Gasteiger partial charge on any atom is 0.305 e. The number of rotatable bonds is 12. The van der Waals surface area contributed by atoms with Crippen LogP contribution in [0.4, 0.5) is 10.1 Å². The molecular weight excluding hydrogens is 568 g/mol. The van der Waals surface area contributed by atoms with Gasteiger partial charge in [0.25, 0.3) is 8.32 Å². The summed E-state index contributed by atoms with van der Waals surface area (Å²) >= 11 is 5.57. The van der Waals surface area contributed by atoms with Gasteiger partial charge in [0.15, 0.2) is 0 Å². The van der Waals surface area contributed by atoms with Crippen molar-refractivity contribution in [1.82, 2.24) is 5.32 Å². The standard InChI is InChI=1S/C33H35FN2O4SSi/c1-33(2,3)42(27-16-9-5-10-17-27,28-18-11-6-12-19-28)40-24-26(23-39-22-25-14-7-4-8-15-25)35-32(41)29-20-13-21-30(31(29)34)36(37)38/h4-21,26H,22-24H2,1-3H3,(H,35,41)/t26-/m0/s1. The summed E-state index contributed by atoms with van der Waals surface area (Å²) in [6.45, 7) is 7.36. The molecule has 4 aromatic rings. The van der Waals surface area contributed by atoms with Gasteiger partial charge >= 0.3 is 5.69 Å². The third-order valence-electron chi connectivity index (χ3n) is 7.10. The highest BCUT2D eigenvalue weighted by Gasteiger charge is 2.50. The van der Waals surface area contributed by atoms with E-state index in [9.17, 15) is 10.1 Å². The van der Waals surface area contributed by atoms with Crippen LogP contribution in [0, 0.1) is 15.9 Å². The molecule has 1 atom stereocenters. The monoisotopic (exact) mass is 602 g/mol. The lowest BCUT2D eigenvalue weighted by molar-refractivity contribution is -0.387. The van der Waals surface area contributed by atoms with Crippen molar-refractivity contribution < 1.29 is 18.5 Å². The summed E-state index contributed by atoms with van der Waals surface area (Å²) in [6, 6.07) is 33.8. The fourth-order valence-corrected chi connectivity index (χ4v) is 10.0. The zero-order valence-electron chi connectivity index (χ0n) is 24.0. The van der Waals surface area contributed by atoms with Crippen LogP contribution in [0.25, 0.3) is 0 Å². The number of thiocarbonyl (C=S) groups is 1. The average Bonchev–Trinajstić information content (AvgIpc) is 2.98. The van der Waals surface area contributed by atoms with Gasteiger partial charge in [-0.05, 0) is 27.0 Å². The van der Waals surface area contributed by atoms with Crippen LogP contribution in [0.2, 0.25) is 5.04 Å². The Hall–Kier alpha value is -3.76. The first-order valence-electron chi connectivity index (χ1n) is 13.7. The van der Waals surface area contributed by atoms with Gasteiger partial charge in [0.2, 0.25) is 5.82 Å². The first-order chi connectivity index (χ1) is 20.1. The van der Waals surface area contributed by atoms with E-state index in [1.807, 2.05) is 66.7 Å². The molecule has 4 rings (SSSR count). The molecule has 0 saturated heterocycles. The molecule has 0 saturated carbocycles. The molecular formula is C33H35FN2O4SSi. The minimum atomic E-state index is -2.88. The molecule has 0 unspecified atom stereocenters. The van der Waals surface area contributed by atoms with Crippen LogP contribution in [0.15, 0.2) is 109 Å². The second-order valence-electron chi connectivity index (χ2n) is 11.0. The highest BCUT2D eigenvalue weighted by Crippen LogP contribution is 2.36. The van der Waals surface area contributed by atoms with E-state index in [0.29, 0.717) is 6.61 Å². The Labute approximate surface area is 252 Å². The maximum atomic E-state index is 15.0. The summed E-state index contributed by atoms with van der Waals surface area (Å²) < 4.78 is 28.2. The molecule has 0 bridgehead atoms. The zero-order chi connectivity index (χ0) is 30.2. The molecule has 0 aromatic heterocycles. The summed E-state index contributed by atoms with van der Waals surface area (Å²) in [5, 5.41) is 16.5. The van der Waals surface area contributed by atoms with Crippen molar-refractivity contribution in [2.24, 2.45) is 0 Å². The molecule has 4 aromatic carbocycles. The average molecular weight is 603 g/mol. The van der Waals surface area contributed by atoms with Crippen molar-refractivity contribution in [3.8, 4) is 0 Å². The van der Waals surface area contributed by atoms with E-state index in [1.165, 1.54) is 12.1 Å². The molecule has 218 valence electrons. The van der Waals surface area contributed by atoms with E-state index in [4.69, 9.17) is 21.4 Å². The summed E-state index contributed by atoms with van der Waals surface area (Å²) in [5.41, 5.74) is 0.339. The van der Waals surface area contributed by atoms with E-state index in [2.05, 4.69) is 50.4 Å². The van der Waals surface area contributed by atoms with Crippen LogP contribution in [-0.4, -0.2) is 37.5 Å². The number of hydrogen-bond donors (Lipinski definition) is 1. The van der Waals surface area contributed by atoms with Crippen LogP contribution in [0.5, 0.6) is 0 Å². The van der Waals surface area contributed by atoms with Crippen LogP contribution in [0.1, 0.15) is 31.9 Å². The topological polar surface area (TPSA) is 73.6 Å². The van der Waals surface area contributed by atoms with E-state index < -0.39 is 30.8 Å². The lowest BCUT2D eigenvalue weighted by atomic mass is 10.1. The molecule has 0 aliphatic heterocycles. The van der Waals surface area contributed by atoms with Crippen LogP contribution >= 0.6 is 12.2 Å². The Bertz CT molecular complexity index is 1450. The van der Waals surface area contributed by atoms with Gasteiger partial charge in [-0.1, -0.05) is 130 Å². The Kier molecular flexibility index (Phi) is 10.3. The fraction of sp³-hybridized carbons (Fsp3) is 0.242. The summed E-state index contributed by atoms with van der Waals surface area (Å²) in [7, 11) is -2.88. The SMILES string of the molecule is CC(C)(C)[Si](OC[C@H](COCc1ccccc1)NC(=S)c1cccc([N+](=O)[O-])c1F)(c1ccccc1)c1ccccc1. The number of halogens is 1. The van der Waals surface area contributed by atoms with E-state index in [0.717, 1.165) is 22.0 Å². The van der Waals surface area contributed by atoms with E-state index >= 15 is 4.39 Å². The van der Waals surface area contributed by atoms with Crippen LogP contribution in [-0.2, 0) is 15.8 Å². The minimum absolute atomic E-state index is 0.0438. The highest BCUT2D eigenvalue weighted by atomic mass is 32.1. The second kappa shape index (κ2) is 13.9. The molecule has 0 radical (unpaired) electrons. The molecule has 0 aliphatic carbocycles. The Morgan fingerprint density at radius 3 is 1.95 bits per heavy atom. The number of nitrogens with one attached hydrogen (secondary N) is 1. The number of hydrogen-bond acceptors (Lipinski definition) is 5. The molecule has 0 amide bonds. The lowest BCUT2D eigenvalue weighted by Crippen LogP contribution is -2.67. The molecule has 0 aliphatic rings. The van der Waals surface area contributed by atoms with Crippen molar-refractivity contribution in [3.05, 3.63) is 136 Å². The van der Waals surface area contributed by atoms with Gasteiger partial charge in [0, 0.05) is 6.07 Å². The van der Waals surface area contributed by atoms with Gasteiger partial charge in [0.1, 0.15) is 4.99 Å². The van der Waals surface area contributed by atoms with Crippen molar-refractivity contribution in [2.75, 3.05) is 13.2 Å². The summed E-state index contributed by atoms with van der Waals surface area (Å²) in [4.78, 5) is 10.6. The highest BCUT2D eigenvalue weighted by molar-refractivity contribution is 7.80. The largest absolute Gasteiger partial charge is 0.405 e. The number of nitrogens with zero attached hydrogens (tertiary/aromatic N) is 1. The summed E-state index contributed by atoms with van der Waals surface area (Å²) in [6.07, 6.45) is 0. The predicted molar refractivity (Wildman–Crippen MR) is 171 cm³/mol. The van der Waals surface area contributed by atoms with Gasteiger partial charge < -0.3 is 14.5 Å². The first-order valence-corrected chi connectivity index (χ1v) is 16.1. The van der Waals surface area contributed by atoms with Gasteiger partial charge in [-0.3, -0.25) is 10.1 Å². The smallest absolute Gasteiger partial charge is 0.305 e. The molecule has 0 spiro atoms. The maximum absolute atomic E-state index is 15.0. The Morgan fingerprint density at radius 1 is 0.881 bits per heavy atom. The number of benzene rings is 4. The number of nitro benzene ring substituents is 1. The van der Waals surface area contributed by atoms with Gasteiger partial charge in [-0.15, -0.1) is 0 Å². The number of ether oxygens (including phenoxy) is 1. The molecule has 9 heteroatoms. The third-order valence-corrected chi connectivity index (χ3v) is 12.4. The van der Waals surface area contributed by atoms with Crippen molar-refractivity contribution in [2.45, 2.75) is 38.5 Å². The van der Waals surface area contributed by atoms with Gasteiger partial charge in [-0.2, -0.15) is 4.39 Å². The quantitative estimate of drug-likeness (QED) is 0.0906. The molecule has 6 nitrogen and oxygen atoms in total.